The molecule has 1 rings (SSSR count). The van der Waals surface area contributed by atoms with Gasteiger partial charge in [-0.1, -0.05) is 0 Å². The van der Waals surface area contributed by atoms with Crippen molar-refractivity contribution in [2.24, 2.45) is 0 Å². The van der Waals surface area contributed by atoms with E-state index < -0.39 is 27.6 Å². The summed E-state index contributed by atoms with van der Waals surface area (Å²) in [5.41, 5.74) is 0. The average molecular weight is 222 g/mol. The third kappa shape index (κ3) is 3.34. The lowest BCUT2D eigenvalue weighted by Crippen LogP contribution is -2.31. The Kier molecular flexibility index (Phi) is 3.85. The average Bonchev–Trinajstić information content (AvgIpc) is 2.52. The number of rotatable bonds is 4. The van der Waals surface area contributed by atoms with Crippen molar-refractivity contribution in [3.63, 3.8) is 0 Å². The topological polar surface area (TPSA) is 27.7 Å². The summed E-state index contributed by atoms with van der Waals surface area (Å²) in [5.74, 6) is -4.14. The van der Waals surface area contributed by atoms with Crippen molar-refractivity contribution in [3.8, 4) is 0 Å². The summed E-state index contributed by atoms with van der Waals surface area (Å²) >= 11 is 0. The first-order valence-electron chi connectivity index (χ1n) is 3.37. The fourth-order valence-electron chi connectivity index (χ4n) is 0.537. The molecule has 1 aliphatic heterocycles. The lowest BCUT2D eigenvalue weighted by Gasteiger charge is -2.16. The highest BCUT2D eigenvalue weighted by Gasteiger charge is 2.42. The second kappa shape index (κ2) is 4.50. The van der Waals surface area contributed by atoms with Gasteiger partial charge in [-0.2, -0.15) is 8.78 Å². The number of hydrogen-bond acceptors (Lipinski definition) is 3. The summed E-state index contributed by atoms with van der Waals surface area (Å²) in [6.07, 6.45) is -3.73. The first kappa shape index (κ1) is 11.1. The first-order valence-corrected chi connectivity index (χ1v) is 4.47. The maximum absolute atomic E-state index is 12.2. The van der Waals surface area contributed by atoms with Crippen LogP contribution in [0.2, 0.25) is 0 Å². The zero-order valence-corrected chi connectivity index (χ0v) is 7.28. The van der Waals surface area contributed by atoms with E-state index in [1.54, 1.807) is 0 Å². The van der Waals surface area contributed by atoms with Crippen LogP contribution in [0.15, 0.2) is 0 Å². The summed E-state index contributed by atoms with van der Waals surface area (Å²) < 4.78 is 61.3. The van der Waals surface area contributed by atoms with Gasteiger partial charge in [-0.25, -0.2) is 8.78 Å². The molecule has 0 aromatic heterocycles. The minimum Gasteiger partial charge on any atom is -0.310 e. The molecule has 0 bridgehead atoms. The van der Waals surface area contributed by atoms with Gasteiger partial charge < -0.3 is 13.6 Å². The van der Waals surface area contributed by atoms with Gasteiger partial charge in [0.1, 0.15) is 6.61 Å². The van der Waals surface area contributed by atoms with Crippen LogP contribution in [0.5, 0.6) is 0 Å². The van der Waals surface area contributed by atoms with Crippen molar-refractivity contribution in [1.29, 1.82) is 0 Å². The minimum atomic E-state index is -4.14. The molecule has 1 aliphatic rings. The van der Waals surface area contributed by atoms with Crippen molar-refractivity contribution in [3.05, 3.63) is 0 Å². The molecule has 0 N–H and O–H groups in total. The van der Waals surface area contributed by atoms with Gasteiger partial charge in [-0.05, 0) is 0 Å². The zero-order valence-electron chi connectivity index (χ0n) is 6.38. The molecule has 13 heavy (non-hydrogen) atoms. The number of alkyl halides is 4. The van der Waals surface area contributed by atoms with Crippen molar-refractivity contribution < 1.29 is 31.1 Å². The van der Waals surface area contributed by atoms with Gasteiger partial charge in [0.25, 0.3) is 0 Å². The van der Waals surface area contributed by atoms with Crippen molar-refractivity contribution in [1.82, 2.24) is 0 Å². The van der Waals surface area contributed by atoms with Crippen molar-refractivity contribution >= 4 is 8.60 Å². The quantitative estimate of drug-likeness (QED) is 0.539. The Labute approximate surface area is 73.0 Å². The zero-order chi connectivity index (χ0) is 9.90. The lowest BCUT2D eigenvalue weighted by molar-refractivity contribution is -0.149. The molecule has 1 saturated heterocycles. The van der Waals surface area contributed by atoms with Gasteiger partial charge >= 0.3 is 21.0 Å². The number of hydrogen-bond donors (Lipinski definition) is 0. The highest BCUT2D eigenvalue weighted by atomic mass is 31.2. The smallest absolute Gasteiger partial charge is 0.310 e. The third-order valence-electron chi connectivity index (χ3n) is 1.16. The van der Waals surface area contributed by atoms with Crippen LogP contribution in [0.3, 0.4) is 0 Å². The van der Waals surface area contributed by atoms with E-state index in [-0.39, 0.29) is 13.2 Å². The van der Waals surface area contributed by atoms with E-state index >= 15 is 0 Å². The molecule has 0 saturated carbocycles. The second-order valence-corrected chi connectivity index (χ2v) is 3.45. The predicted molar refractivity (Wildman–Crippen MR) is 35.7 cm³/mol. The van der Waals surface area contributed by atoms with E-state index in [0.717, 1.165) is 0 Å². The van der Waals surface area contributed by atoms with Gasteiger partial charge in [-0.3, -0.25) is 0 Å². The largest absolute Gasteiger partial charge is 0.333 e. The molecule has 0 aliphatic carbocycles. The molecule has 0 amide bonds. The Morgan fingerprint density at radius 3 is 2.31 bits per heavy atom. The van der Waals surface area contributed by atoms with E-state index in [0.29, 0.717) is 0 Å². The van der Waals surface area contributed by atoms with Crippen LogP contribution in [-0.2, 0) is 13.6 Å². The van der Waals surface area contributed by atoms with Gasteiger partial charge in [-0.15, -0.1) is 0 Å². The Morgan fingerprint density at radius 1 is 1.31 bits per heavy atom. The van der Waals surface area contributed by atoms with E-state index in [9.17, 15) is 17.6 Å². The number of halogens is 4. The highest BCUT2D eigenvalue weighted by Crippen LogP contribution is 2.44. The SMILES string of the molecule is FC(F)C(F)(F)COP1OCCO1. The summed E-state index contributed by atoms with van der Waals surface area (Å²) in [4.78, 5) is 0. The van der Waals surface area contributed by atoms with Crippen LogP contribution in [0.4, 0.5) is 17.6 Å². The van der Waals surface area contributed by atoms with Crippen LogP contribution >= 0.6 is 8.60 Å². The molecule has 0 atom stereocenters. The molecule has 0 radical (unpaired) electrons. The fraction of sp³-hybridized carbons (Fsp3) is 1.00. The highest BCUT2D eigenvalue weighted by molar-refractivity contribution is 7.41. The molecular weight excluding hydrogens is 215 g/mol. The van der Waals surface area contributed by atoms with Crippen molar-refractivity contribution in [2.75, 3.05) is 19.8 Å². The fourth-order valence-corrected chi connectivity index (χ4v) is 1.49. The Hall–Kier alpha value is 0.0300. The van der Waals surface area contributed by atoms with Crippen LogP contribution in [0.1, 0.15) is 0 Å². The first-order chi connectivity index (χ1) is 6.02. The molecule has 1 fully saturated rings. The maximum atomic E-state index is 12.2. The van der Waals surface area contributed by atoms with Gasteiger partial charge in [0.2, 0.25) is 0 Å². The van der Waals surface area contributed by atoms with E-state index in [1.165, 1.54) is 0 Å². The van der Waals surface area contributed by atoms with Gasteiger partial charge in [0.15, 0.2) is 0 Å². The maximum Gasteiger partial charge on any atom is 0.333 e. The van der Waals surface area contributed by atoms with Crippen LogP contribution < -0.4 is 0 Å². The minimum absolute atomic E-state index is 0.242. The molecular formula is C5H7F4O3P. The standard InChI is InChI=1S/C5H7F4O3P/c6-4(7)5(8,9)3-12-13-10-1-2-11-13/h4H,1-3H2. The van der Waals surface area contributed by atoms with Gasteiger partial charge in [0, 0.05) is 0 Å². The van der Waals surface area contributed by atoms with E-state index in [2.05, 4.69) is 13.6 Å². The van der Waals surface area contributed by atoms with Crippen molar-refractivity contribution in [2.45, 2.75) is 12.3 Å². The predicted octanol–water partition coefficient (Wildman–Crippen LogP) is 2.18. The van der Waals surface area contributed by atoms with E-state index in [1.807, 2.05) is 0 Å². The summed E-state index contributed by atoms with van der Waals surface area (Å²) in [6, 6.07) is 0. The Bertz CT molecular complexity index is 162. The summed E-state index contributed by atoms with van der Waals surface area (Å²) in [7, 11) is -1.85. The lowest BCUT2D eigenvalue weighted by atomic mass is 10.4. The van der Waals surface area contributed by atoms with Crippen LogP contribution in [0, 0.1) is 0 Å². The van der Waals surface area contributed by atoms with E-state index in [4.69, 9.17) is 0 Å². The molecule has 0 spiro atoms. The molecule has 0 aromatic carbocycles. The molecule has 8 heteroatoms. The Balaban J connectivity index is 2.24. The Morgan fingerprint density at radius 2 is 1.85 bits per heavy atom. The monoisotopic (exact) mass is 222 g/mol. The second-order valence-electron chi connectivity index (χ2n) is 2.23. The summed E-state index contributed by atoms with van der Waals surface area (Å²) in [5, 5.41) is 0. The molecule has 0 aromatic rings. The molecule has 78 valence electrons. The van der Waals surface area contributed by atoms with Gasteiger partial charge in [0.05, 0.1) is 13.2 Å². The normalized spacial score (nSPS) is 20.1. The molecule has 0 unspecified atom stereocenters. The molecule has 1 heterocycles. The molecule has 3 nitrogen and oxygen atoms in total. The third-order valence-corrected chi connectivity index (χ3v) is 2.29. The van der Waals surface area contributed by atoms with Crippen LogP contribution in [0.25, 0.3) is 0 Å². The summed E-state index contributed by atoms with van der Waals surface area (Å²) in [6.45, 7) is -0.895. The van der Waals surface area contributed by atoms with Crippen LogP contribution in [-0.4, -0.2) is 32.2 Å².